The van der Waals surface area contributed by atoms with Gasteiger partial charge in [-0.05, 0) is 71.2 Å². The van der Waals surface area contributed by atoms with Crippen LogP contribution >= 0.6 is 0 Å². The minimum absolute atomic E-state index is 0.0184. The summed E-state index contributed by atoms with van der Waals surface area (Å²) in [5.41, 5.74) is -1.15. The molecule has 1 N–H and O–H groups in total. The van der Waals surface area contributed by atoms with Crippen LogP contribution in [0.4, 0.5) is 26.7 Å². The molecule has 0 aliphatic carbocycles. The van der Waals surface area contributed by atoms with Crippen molar-refractivity contribution in [1.82, 2.24) is 0 Å². The Morgan fingerprint density at radius 2 is 1.51 bits per heavy atom. The maximum absolute atomic E-state index is 12.6. The number of nitro groups is 1. The first-order valence-electron chi connectivity index (χ1n) is 11.6. The molecular formula is C27H31N3O7. The summed E-state index contributed by atoms with van der Waals surface area (Å²) in [6.45, 7) is 10.5. The van der Waals surface area contributed by atoms with E-state index >= 15 is 0 Å². The summed E-state index contributed by atoms with van der Waals surface area (Å²) in [4.78, 5) is 37.0. The normalized spacial score (nSPS) is 11.5. The fourth-order valence-corrected chi connectivity index (χ4v) is 3.39. The molecule has 0 atom stereocenters. The zero-order valence-corrected chi connectivity index (χ0v) is 21.9. The molecule has 0 spiro atoms. The second kappa shape index (κ2) is 10.3. The molecule has 0 aliphatic rings. The van der Waals surface area contributed by atoms with E-state index in [1.54, 1.807) is 59.7 Å². The van der Waals surface area contributed by atoms with Gasteiger partial charge < -0.3 is 14.2 Å². The van der Waals surface area contributed by atoms with Gasteiger partial charge in [0.1, 0.15) is 28.4 Å². The van der Waals surface area contributed by atoms with Crippen molar-refractivity contribution in [2.45, 2.75) is 52.7 Å². The SMILES string of the molecule is CN(C(=O)OC(C)(C)C)c1cc(Oc2ccc3cccc(NC(=O)OC(C)(C)C)c3c2)ccc1[N+](=O)[O-]. The van der Waals surface area contributed by atoms with Gasteiger partial charge in [0.05, 0.1) is 10.6 Å². The van der Waals surface area contributed by atoms with E-state index in [2.05, 4.69) is 5.32 Å². The number of nitrogens with zero attached hydrogens (tertiary/aromatic N) is 2. The second-order valence-electron chi connectivity index (χ2n) is 10.4. The van der Waals surface area contributed by atoms with Crippen LogP contribution in [0.2, 0.25) is 0 Å². The zero-order chi connectivity index (χ0) is 27.5. The largest absolute Gasteiger partial charge is 0.457 e. The van der Waals surface area contributed by atoms with Gasteiger partial charge in [-0.1, -0.05) is 18.2 Å². The number of benzene rings is 3. The van der Waals surface area contributed by atoms with Crippen LogP contribution in [-0.2, 0) is 9.47 Å². The molecule has 2 amide bonds. The average molecular weight is 510 g/mol. The molecule has 3 rings (SSSR count). The maximum atomic E-state index is 12.6. The first kappa shape index (κ1) is 27.3. The topological polar surface area (TPSA) is 120 Å². The molecule has 3 aromatic carbocycles. The lowest BCUT2D eigenvalue weighted by molar-refractivity contribution is -0.384. The first-order chi connectivity index (χ1) is 17.1. The van der Waals surface area contributed by atoms with Crippen molar-refractivity contribution in [1.29, 1.82) is 0 Å². The van der Waals surface area contributed by atoms with E-state index in [9.17, 15) is 19.7 Å². The van der Waals surface area contributed by atoms with Gasteiger partial charge in [-0.3, -0.25) is 20.3 Å². The number of nitrogens with one attached hydrogen (secondary N) is 1. The van der Waals surface area contributed by atoms with Crippen molar-refractivity contribution in [3.63, 3.8) is 0 Å². The highest BCUT2D eigenvalue weighted by Crippen LogP contribution is 2.36. The summed E-state index contributed by atoms with van der Waals surface area (Å²) in [6.07, 6.45) is -1.33. The number of ether oxygens (including phenoxy) is 3. The standard InChI is InChI=1S/C27H31N3O7/c1-26(2,3)36-24(31)28-21-10-8-9-17-11-12-18(15-20(17)21)35-19-13-14-22(30(33)34)23(16-19)29(7)25(32)37-27(4,5)6/h8-16H,1-7H3,(H,28,31). The van der Waals surface area contributed by atoms with Crippen LogP contribution in [0, 0.1) is 10.1 Å². The number of anilines is 2. The van der Waals surface area contributed by atoms with Crippen molar-refractivity contribution >= 4 is 40.0 Å². The van der Waals surface area contributed by atoms with Crippen molar-refractivity contribution in [3.05, 3.63) is 64.7 Å². The number of fused-ring (bicyclic) bond motifs is 1. The van der Waals surface area contributed by atoms with Crippen LogP contribution in [0.3, 0.4) is 0 Å². The van der Waals surface area contributed by atoms with Crippen LogP contribution in [0.5, 0.6) is 11.5 Å². The summed E-state index contributed by atoms with van der Waals surface area (Å²) in [5, 5.41) is 15.9. The Bertz CT molecular complexity index is 1340. The highest BCUT2D eigenvalue weighted by atomic mass is 16.6. The Hall–Kier alpha value is -4.34. The third-order valence-corrected chi connectivity index (χ3v) is 4.90. The Labute approximate surface area is 215 Å². The van der Waals surface area contributed by atoms with Crippen molar-refractivity contribution in [2.24, 2.45) is 0 Å². The molecule has 0 aromatic heterocycles. The fraction of sp³-hybridized carbons (Fsp3) is 0.333. The number of hydrogen-bond donors (Lipinski definition) is 1. The summed E-state index contributed by atoms with van der Waals surface area (Å²) < 4.78 is 16.7. The van der Waals surface area contributed by atoms with Crippen LogP contribution in [-0.4, -0.2) is 35.4 Å². The lowest BCUT2D eigenvalue weighted by Gasteiger charge is -2.24. The Morgan fingerprint density at radius 3 is 2.14 bits per heavy atom. The van der Waals surface area contributed by atoms with Gasteiger partial charge in [0.15, 0.2) is 0 Å². The van der Waals surface area contributed by atoms with Gasteiger partial charge in [-0.2, -0.15) is 0 Å². The van der Waals surface area contributed by atoms with Crippen LogP contribution in [0.15, 0.2) is 54.6 Å². The van der Waals surface area contributed by atoms with E-state index in [1.165, 1.54) is 25.2 Å². The molecule has 0 bridgehead atoms. The van der Waals surface area contributed by atoms with E-state index in [1.807, 2.05) is 18.2 Å². The minimum atomic E-state index is -0.773. The predicted molar refractivity (Wildman–Crippen MR) is 142 cm³/mol. The van der Waals surface area contributed by atoms with E-state index < -0.39 is 28.3 Å². The fourth-order valence-electron chi connectivity index (χ4n) is 3.39. The third-order valence-electron chi connectivity index (χ3n) is 4.90. The number of carbonyl (C=O) groups excluding carboxylic acids is 2. The molecule has 0 fully saturated rings. The Kier molecular flexibility index (Phi) is 7.61. The van der Waals surface area contributed by atoms with Crippen molar-refractivity contribution in [3.8, 4) is 11.5 Å². The van der Waals surface area contributed by atoms with Crippen LogP contribution in [0.1, 0.15) is 41.5 Å². The van der Waals surface area contributed by atoms with Crippen molar-refractivity contribution < 1.29 is 28.7 Å². The number of carbonyl (C=O) groups is 2. The molecule has 196 valence electrons. The number of rotatable bonds is 5. The quantitative estimate of drug-likeness (QED) is 0.284. The van der Waals surface area contributed by atoms with Gasteiger partial charge in [-0.15, -0.1) is 0 Å². The van der Waals surface area contributed by atoms with E-state index in [0.717, 1.165) is 10.3 Å². The summed E-state index contributed by atoms with van der Waals surface area (Å²) in [5.74, 6) is 0.693. The first-order valence-corrected chi connectivity index (χ1v) is 11.6. The maximum Gasteiger partial charge on any atom is 0.414 e. The Balaban J connectivity index is 1.93. The summed E-state index contributed by atoms with van der Waals surface area (Å²) >= 11 is 0. The van der Waals surface area contributed by atoms with Gasteiger partial charge in [0.25, 0.3) is 5.69 Å². The molecule has 10 heteroatoms. The second-order valence-corrected chi connectivity index (χ2v) is 10.4. The molecule has 0 saturated heterocycles. The predicted octanol–water partition coefficient (Wildman–Crippen LogP) is 7.26. The molecule has 0 aliphatic heterocycles. The third kappa shape index (κ3) is 7.33. The smallest absolute Gasteiger partial charge is 0.414 e. The van der Waals surface area contributed by atoms with E-state index in [4.69, 9.17) is 14.2 Å². The van der Waals surface area contributed by atoms with Gasteiger partial charge in [0, 0.05) is 24.6 Å². The number of hydrogen-bond acceptors (Lipinski definition) is 7. The molecular weight excluding hydrogens is 478 g/mol. The number of nitro benzene ring substituents is 1. The van der Waals surface area contributed by atoms with E-state index in [0.29, 0.717) is 16.8 Å². The lowest BCUT2D eigenvalue weighted by atomic mass is 10.1. The monoisotopic (exact) mass is 509 g/mol. The molecule has 0 radical (unpaired) electrons. The lowest BCUT2D eigenvalue weighted by Crippen LogP contribution is -2.34. The van der Waals surface area contributed by atoms with Crippen molar-refractivity contribution in [2.75, 3.05) is 17.3 Å². The molecule has 0 unspecified atom stereocenters. The van der Waals surface area contributed by atoms with Gasteiger partial charge in [0.2, 0.25) is 0 Å². The molecule has 0 saturated carbocycles. The van der Waals surface area contributed by atoms with Gasteiger partial charge in [-0.25, -0.2) is 9.59 Å². The summed E-state index contributed by atoms with van der Waals surface area (Å²) in [7, 11) is 1.39. The Morgan fingerprint density at radius 1 is 0.892 bits per heavy atom. The summed E-state index contributed by atoms with van der Waals surface area (Å²) in [6, 6.07) is 14.8. The van der Waals surface area contributed by atoms with E-state index in [-0.39, 0.29) is 17.1 Å². The number of amides is 2. The average Bonchev–Trinajstić information content (AvgIpc) is 2.76. The minimum Gasteiger partial charge on any atom is -0.457 e. The highest BCUT2D eigenvalue weighted by molar-refractivity contribution is 6.00. The van der Waals surface area contributed by atoms with Crippen LogP contribution < -0.4 is 15.0 Å². The molecule has 3 aromatic rings. The molecule has 0 heterocycles. The van der Waals surface area contributed by atoms with Gasteiger partial charge >= 0.3 is 12.2 Å². The molecule has 37 heavy (non-hydrogen) atoms. The highest BCUT2D eigenvalue weighted by Gasteiger charge is 2.26. The van der Waals surface area contributed by atoms with Crippen LogP contribution in [0.25, 0.3) is 10.8 Å². The molecule has 10 nitrogen and oxygen atoms in total. The zero-order valence-electron chi connectivity index (χ0n) is 21.9.